The summed E-state index contributed by atoms with van der Waals surface area (Å²) in [6.07, 6.45) is 4.96. The zero-order chi connectivity index (χ0) is 12.1. The normalized spacial score (nSPS) is 21.2. The Morgan fingerprint density at radius 3 is 2.31 bits per heavy atom. The number of carbonyl (C=O) groups is 1. The topological polar surface area (TPSA) is 40.5 Å². The van der Waals surface area contributed by atoms with Crippen molar-refractivity contribution in [2.45, 2.75) is 52.5 Å². The van der Waals surface area contributed by atoms with Crippen LogP contribution in [0, 0.1) is 11.8 Å². The first-order chi connectivity index (χ1) is 7.50. The predicted molar refractivity (Wildman–Crippen MR) is 65.5 cm³/mol. The van der Waals surface area contributed by atoms with E-state index in [9.17, 15) is 4.79 Å². The lowest BCUT2D eigenvalue weighted by molar-refractivity contribution is -0.143. The quantitative estimate of drug-likeness (QED) is 0.785. The van der Waals surface area contributed by atoms with E-state index in [1.54, 1.807) is 6.92 Å². The van der Waals surface area contributed by atoms with Gasteiger partial charge in [-0.2, -0.15) is 0 Å². The molecule has 94 valence electrons. The number of hydrogen-bond donors (Lipinski definition) is 1. The molecule has 16 heavy (non-hydrogen) atoms. The van der Waals surface area contributed by atoms with Crippen molar-refractivity contribution >= 4 is 5.97 Å². The molecule has 0 spiro atoms. The molecule has 1 N–H and O–H groups in total. The molecule has 0 aromatic rings. The summed E-state index contributed by atoms with van der Waals surface area (Å²) >= 11 is 0. The average molecular weight is 227 g/mol. The van der Waals surface area contributed by atoms with Crippen LogP contribution >= 0.6 is 0 Å². The fraction of sp³-hybridized carbons (Fsp3) is 0.923. The second-order valence-electron chi connectivity index (χ2n) is 5.46. The number of piperidine rings is 1. The van der Waals surface area contributed by atoms with Gasteiger partial charge in [0.2, 0.25) is 0 Å². The first-order valence-electron chi connectivity index (χ1n) is 6.47. The van der Waals surface area contributed by atoms with Gasteiger partial charge in [0.1, 0.15) is 6.04 Å². The van der Waals surface area contributed by atoms with Crippen LogP contribution in [0.4, 0.5) is 0 Å². The van der Waals surface area contributed by atoms with E-state index in [4.69, 9.17) is 5.11 Å². The summed E-state index contributed by atoms with van der Waals surface area (Å²) in [4.78, 5) is 12.9. The van der Waals surface area contributed by atoms with Gasteiger partial charge < -0.3 is 5.11 Å². The summed E-state index contributed by atoms with van der Waals surface area (Å²) < 4.78 is 0. The van der Waals surface area contributed by atoms with Crippen LogP contribution in [0.3, 0.4) is 0 Å². The van der Waals surface area contributed by atoms with Crippen molar-refractivity contribution < 1.29 is 9.90 Å². The SMILES string of the molecule is CC(C)CCC1CCN([C@H](C)C(=O)O)CC1. The maximum absolute atomic E-state index is 10.9. The molecule has 0 radical (unpaired) electrons. The maximum Gasteiger partial charge on any atom is 0.320 e. The van der Waals surface area contributed by atoms with Crippen LogP contribution < -0.4 is 0 Å². The molecule has 3 nitrogen and oxygen atoms in total. The second-order valence-corrected chi connectivity index (χ2v) is 5.46. The van der Waals surface area contributed by atoms with Crippen LogP contribution in [0.5, 0.6) is 0 Å². The Kier molecular flexibility index (Phi) is 5.26. The molecule has 0 aliphatic carbocycles. The molecule has 0 bridgehead atoms. The van der Waals surface area contributed by atoms with Gasteiger partial charge in [0, 0.05) is 0 Å². The Morgan fingerprint density at radius 1 is 1.31 bits per heavy atom. The van der Waals surface area contributed by atoms with Gasteiger partial charge in [-0.25, -0.2) is 0 Å². The number of likely N-dealkylation sites (tertiary alicyclic amines) is 1. The number of aliphatic carboxylic acids is 1. The molecule has 1 aliphatic heterocycles. The Morgan fingerprint density at radius 2 is 1.88 bits per heavy atom. The molecule has 0 amide bonds. The molecule has 1 heterocycles. The van der Waals surface area contributed by atoms with Gasteiger partial charge >= 0.3 is 5.97 Å². The number of carboxylic acid groups (broad SMARTS) is 1. The van der Waals surface area contributed by atoms with Crippen LogP contribution in [0.25, 0.3) is 0 Å². The fourth-order valence-corrected chi connectivity index (χ4v) is 2.35. The molecule has 1 rings (SSSR count). The van der Waals surface area contributed by atoms with E-state index < -0.39 is 5.97 Å². The van der Waals surface area contributed by atoms with Crippen molar-refractivity contribution in [3.8, 4) is 0 Å². The van der Waals surface area contributed by atoms with E-state index in [1.807, 2.05) is 0 Å². The first kappa shape index (κ1) is 13.5. The van der Waals surface area contributed by atoms with Crippen molar-refractivity contribution in [3.05, 3.63) is 0 Å². The van der Waals surface area contributed by atoms with Gasteiger partial charge in [0.15, 0.2) is 0 Å². The zero-order valence-electron chi connectivity index (χ0n) is 10.8. The van der Waals surface area contributed by atoms with E-state index in [-0.39, 0.29) is 6.04 Å². The van der Waals surface area contributed by atoms with Crippen molar-refractivity contribution in [2.24, 2.45) is 11.8 Å². The van der Waals surface area contributed by atoms with E-state index >= 15 is 0 Å². The maximum atomic E-state index is 10.9. The van der Waals surface area contributed by atoms with E-state index in [1.165, 1.54) is 25.7 Å². The van der Waals surface area contributed by atoms with Gasteiger partial charge in [0.05, 0.1) is 0 Å². The fourth-order valence-electron chi connectivity index (χ4n) is 2.35. The molecule has 0 unspecified atom stereocenters. The smallest absolute Gasteiger partial charge is 0.320 e. The summed E-state index contributed by atoms with van der Waals surface area (Å²) in [6, 6.07) is -0.314. The Balaban J connectivity index is 2.25. The monoisotopic (exact) mass is 227 g/mol. The number of carboxylic acids is 1. The first-order valence-corrected chi connectivity index (χ1v) is 6.47. The van der Waals surface area contributed by atoms with Crippen LogP contribution in [-0.2, 0) is 4.79 Å². The summed E-state index contributed by atoms with van der Waals surface area (Å²) in [6.45, 7) is 8.23. The minimum absolute atomic E-state index is 0.314. The average Bonchev–Trinajstić information content (AvgIpc) is 2.26. The highest BCUT2D eigenvalue weighted by Gasteiger charge is 2.25. The van der Waals surface area contributed by atoms with Crippen LogP contribution in [0.15, 0.2) is 0 Å². The largest absolute Gasteiger partial charge is 0.480 e. The van der Waals surface area contributed by atoms with Gasteiger partial charge in [-0.05, 0) is 44.7 Å². The highest BCUT2D eigenvalue weighted by molar-refractivity contribution is 5.72. The van der Waals surface area contributed by atoms with Crippen LogP contribution in [0.1, 0.15) is 46.5 Å². The Labute approximate surface area is 98.8 Å². The molecule has 1 aliphatic rings. The highest BCUT2D eigenvalue weighted by atomic mass is 16.4. The molecule has 1 fully saturated rings. The predicted octanol–water partition coefficient (Wildman–Crippen LogP) is 2.61. The lowest BCUT2D eigenvalue weighted by Gasteiger charge is -2.34. The van der Waals surface area contributed by atoms with Gasteiger partial charge in [0.25, 0.3) is 0 Å². The molecule has 3 heteroatoms. The lowest BCUT2D eigenvalue weighted by atomic mass is 9.89. The van der Waals surface area contributed by atoms with E-state index in [2.05, 4.69) is 18.7 Å². The third-order valence-electron chi connectivity index (χ3n) is 3.71. The number of nitrogens with zero attached hydrogens (tertiary/aromatic N) is 1. The van der Waals surface area contributed by atoms with Crippen molar-refractivity contribution in [1.82, 2.24) is 4.90 Å². The minimum Gasteiger partial charge on any atom is -0.480 e. The van der Waals surface area contributed by atoms with Crippen molar-refractivity contribution in [1.29, 1.82) is 0 Å². The summed E-state index contributed by atoms with van der Waals surface area (Å²) in [5.74, 6) is 0.913. The third kappa shape index (κ3) is 4.12. The molecular weight excluding hydrogens is 202 g/mol. The van der Waals surface area contributed by atoms with Gasteiger partial charge in [-0.1, -0.05) is 26.7 Å². The summed E-state index contributed by atoms with van der Waals surface area (Å²) in [5, 5.41) is 8.93. The summed E-state index contributed by atoms with van der Waals surface area (Å²) in [7, 11) is 0. The molecule has 0 aromatic heterocycles. The van der Waals surface area contributed by atoms with Gasteiger partial charge in [-0.15, -0.1) is 0 Å². The minimum atomic E-state index is -0.694. The molecule has 0 aromatic carbocycles. The highest BCUT2D eigenvalue weighted by Crippen LogP contribution is 2.24. The van der Waals surface area contributed by atoms with E-state index in [0.717, 1.165) is 24.9 Å². The molecule has 1 saturated heterocycles. The van der Waals surface area contributed by atoms with Crippen LogP contribution in [-0.4, -0.2) is 35.1 Å². The Bertz CT molecular complexity index is 220. The third-order valence-corrected chi connectivity index (χ3v) is 3.71. The van der Waals surface area contributed by atoms with Crippen LogP contribution in [0.2, 0.25) is 0 Å². The van der Waals surface area contributed by atoms with Crippen molar-refractivity contribution in [3.63, 3.8) is 0 Å². The van der Waals surface area contributed by atoms with Crippen molar-refractivity contribution in [2.75, 3.05) is 13.1 Å². The van der Waals surface area contributed by atoms with Gasteiger partial charge in [-0.3, -0.25) is 9.69 Å². The lowest BCUT2D eigenvalue weighted by Crippen LogP contribution is -2.43. The molecular formula is C13H25NO2. The number of hydrogen-bond acceptors (Lipinski definition) is 2. The Hall–Kier alpha value is -0.570. The standard InChI is InChI=1S/C13H25NO2/c1-10(2)4-5-12-6-8-14(9-7-12)11(3)13(15)16/h10-12H,4-9H2,1-3H3,(H,15,16)/t11-/m1/s1. The van der Waals surface area contributed by atoms with E-state index in [0.29, 0.717) is 0 Å². The summed E-state index contributed by atoms with van der Waals surface area (Å²) in [5.41, 5.74) is 0. The molecule has 0 saturated carbocycles. The number of rotatable bonds is 5. The molecule has 1 atom stereocenters. The second kappa shape index (κ2) is 6.24. The zero-order valence-corrected chi connectivity index (χ0v) is 10.8.